The number of amides is 1. The van der Waals surface area contributed by atoms with Crippen LogP contribution in [-0.2, 0) is 9.59 Å². The molecule has 1 amide bonds. The summed E-state index contributed by atoms with van der Waals surface area (Å²) in [4.78, 5) is 23.7. The Morgan fingerprint density at radius 3 is 2.33 bits per heavy atom. The first-order chi connectivity index (χ1) is 7.08. The summed E-state index contributed by atoms with van der Waals surface area (Å²) < 4.78 is 0. The number of piperazine rings is 1. The van der Waals surface area contributed by atoms with Crippen molar-refractivity contribution in [3.05, 3.63) is 0 Å². The largest absolute Gasteiger partial charge is 0.481 e. The molecular weight excluding hydrogens is 198 g/mol. The lowest BCUT2D eigenvalue weighted by molar-refractivity contribution is -0.139. The zero-order valence-electron chi connectivity index (χ0n) is 8.90. The van der Waals surface area contributed by atoms with Gasteiger partial charge in [-0.2, -0.15) is 0 Å². The summed E-state index contributed by atoms with van der Waals surface area (Å²) in [6, 6.07) is 0. The van der Waals surface area contributed by atoms with Crippen LogP contribution in [0.4, 0.5) is 0 Å². The van der Waals surface area contributed by atoms with Crippen LogP contribution in [0.5, 0.6) is 0 Å². The van der Waals surface area contributed by atoms with Gasteiger partial charge in [0, 0.05) is 32.6 Å². The number of nitrogens with zero attached hydrogens (tertiary/aromatic N) is 2. The molecule has 1 aliphatic rings. The molecule has 6 nitrogen and oxygen atoms in total. The Morgan fingerprint density at radius 1 is 1.20 bits per heavy atom. The Morgan fingerprint density at radius 2 is 1.80 bits per heavy atom. The van der Waals surface area contributed by atoms with Gasteiger partial charge in [-0.25, -0.2) is 5.01 Å². The minimum absolute atomic E-state index is 0.0433. The quantitative estimate of drug-likeness (QED) is 0.638. The van der Waals surface area contributed by atoms with Gasteiger partial charge in [0.2, 0.25) is 5.91 Å². The van der Waals surface area contributed by atoms with Gasteiger partial charge in [-0.15, -0.1) is 0 Å². The van der Waals surface area contributed by atoms with E-state index in [0.29, 0.717) is 0 Å². The fourth-order valence-electron chi connectivity index (χ4n) is 1.37. The van der Waals surface area contributed by atoms with E-state index in [0.717, 1.165) is 26.2 Å². The second-order valence-electron chi connectivity index (χ2n) is 3.72. The van der Waals surface area contributed by atoms with Crippen LogP contribution in [-0.4, -0.2) is 60.1 Å². The number of carboxylic acids is 1. The van der Waals surface area contributed by atoms with E-state index in [9.17, 15) is 9.59 Å². The van der Waals surface area contributed by atoms with E-state index >= 15 is 0 Å². The number of aliphatic carboxylic acids is 1. The van der Waals surface area contributed by atoms with Gasteiger partial charge in [-0.3, -0.25) is 15.0 Å². The first-order valence-corrected chi connectivity index (χ1v) is 5.02. The van der Waals surface area contributed by atoms with E-state index in [-0.39, 0.29) is 18.7 Å². The standard InChI is InChI=1S/C9H17N3O3/c1-11-4-6-12(7-5-11)10-8(13)2-3-9(14)15/h2-7H2,1H3,(H,10,13)(H,14,15). The fraction of sp³-hybridized carbons (Fsp3) is 0.778. The molecule has 0 aromatic heterocycles. The Hall–Kier alpha value is -1.14. The molecule has 1 rings (SSSR count). The molecule has 0 saturated carbocycles. The smallest absolute Gasteiger partial charge is 0.303 e. The molecule has 0 aromatic carbocycles. The highest BCUT2D eigenvalue weighted by molar-refractivity contribution is 5.80. The maximum absolute atomic E-state index is 11.3. The number of rotatable bonds is 4. The van der Waals surface area contributed by atoms with Crippen LogP contribution >= 0.6 is 0 Å². The van der Waals surface area contributed by atoms with Crippen LogP contribution in [0.2, 0.25) is 0 Å². The molecule has 1 aliphatic heterocycles. The van der Waals surface area contributed by atoms with E-state index in [4.69, 9.17) is 5.11 Å². The van der Waals surface area contributed by atoms with Crippen LogP contribution in [0.1, 0.15) is 12.8 Å². The summed E-state index contributed by atoms with van der Waals surface area (Å²) >= 11 is 0. The SMILES string of the molecule is CN1CCN(NC(=O)CCC(=O)O)CC1. The molecule has 1 fully saturated rings. The minimum atomic E-state index is -0.941. The normalized spacial score (nSPS) is 18.7. The highest BCUT2D eigenvalue weighted by Crippen LogP contribution is 1.96. The third kappa shape index (κ3) is 4.75. The Balaban J connectivity index is 2.17. The summed E-state index contributed by atoms with van der Waals surface area (Å²) in [6.45, 7) is 3.41. The topological polar surface area (TPSA) is 72.9 Å². The Kier molecular flexibility index (Phi) is 4.51. The van der Waals surface area contributed by atoms with Crippen LogP contribution < -0.4 is 5.43 Å². The lowest BCUT2D eigenvalue weighted by Gasteiger charge is -2.32. The van der Waals surface area contributed by atoms with Gasteiger partial charge >= 0.3 is 5.97 Å². The lowest BCUT2D eigenvalue weighted by Crippen LogP contribution is -2.52. The molecule has 0 radical (unpaired) electrons. The number of carbonyl (C=O) groups excluding carboxylic acids is 1. The molecular formula is C9H17N3O3. The van der Waals surface area contributed by atoms with E-state index in [1.807, 2.05) is 12.1 Å². The van der Waals surface area contributed by atoms with Crippen molar-refractivity contribution in [1.82, 2.24) is 15.3 Å². The van der Waals surface area contributed by atoms with E-state index in [1.54, 1.807) is 0 Å². The predicted molar refractivity (Wildman–Crippen MR) is 54.1 cm³/mol. The van der Waals surface area contributed by atoms with Gasteiger partial charge in [0.1, 0.15) is 0 Å². The minimum Gasteiger partial charge on any atom is -0.481 e. The second kappa shape index (κ2) is 5.67. The molecule has 2 N–H and O–H groups in total. The Labute approximate surface area is 88.8 Å². The maximum atomic E-state index is 11.3. The number of likely N-dealkylation sites (N-methyl/N-ethyl adjacent to an activating group) is 1. The number of hydrogen-bond donors (Lipinski definition) is 2. The van der Waals surface area contributed by atoms with Crippen molar-refractivity contribution in [2.45, 2.75) is 12.8 Å². The summed E-state index contributed by atoms with van der Waals surface area (Å²) in [5.41, 5.74) is 2.70. The molecule has 0 aliphatic carbocycles. The number of nitrogens with one attached hydrogen (secondary N) is 1. The van der Waals surface area contributed by atoms with Gasteiger partial charge in [0.15, 0.2) is 0 Å². The molecule has 1 heterocycles. The molecule has 0 bridgehead atoms. The number of hydrogen-bond acceptors (Lipinski definition) is 4. The first-order valence-electron chi connectivity index (χ1n) is 5.02. The van der Waals surface area contributed by atoms with Crippen molar-refractivity contribution in [2.75, 3.05) is 33.2 Å². The van der Waals surface area contributed by atoms with Crippen molar-refractivity contribution in [2.24, 2.45) is 0 Å². The number of hydrazine groups is 1. The van der Waals surface area contributed by atoms with Crippen LogP contribution in [0.3, 0.4) is 0 Å². The summed E-state index contributed by atoms with van der Waals surface area (Å²) in [6.07, 6.45) is -0.0682. The van der Waals surface area contributed by atoms with E-state index in [1.165, 1.54) is 0 Å². The molecule has 0 spiro atoms. The van der Waals surface area contributed by atoms with Crippen LogP contribution in [0, 0.1) is 0 Å². The predicted octanol–water partition coefficient (Wildman–Crippen LogP) is -0.870. The van der Waals surface area contributed by atoms with Gasteiger partial charge in [-0.1, -0.05) is 0 Å². The second-order valence-corrected chi connectivity index (χ2v) is 3.72. The van der Waals surface area contributed by atoms with Gasteiger partial charge in [0.05, 0.1) is 6.42 Å². The monoisotopic (exact) mass is 215 g/mol. The number of carboxylic acid groups (broad SMARTS) is 1. The number of carbonyl (C=O) groups is 2. The van der Waals surface area contributed by atoms with E-state index < -0.39 is 5.97 Å². The zero-order chi connectivity index (χ0) is 11.3. The Bertz CT molecular complexity index is 237. The maximum Gasteiger partial charge on any atom is 0.303 e. The highest BCUT2D eigenvalue weighted by atomic mass is 16.4. The van der Waals surface area contributed by atoms with Crippen molar-refractivity contribution in [3.8, 4) is 0 Å². The summed E-state index contributed by atoms with van der Waals surface area (Å²) in [5.74, 6) is -1.16. The highest BCUT2D eigenvalue weighted by Gasteiger charge is 2.15. The third-order valence-electron chi connectivity index (χ3n) is 2.35. The molecule has 0 unspecified atom stereocenters. The molecule has 0 atom stereocenters. The van der Waals surface area contributed by atoms with Gasteiger partial charge < -0.3 is 10.0 Å². The van der Waals surface area contributed by atoms with Gasteiger partial charge in [-0.05, 0) is 7.05 Å². The third-order valence-corrected chi connectivity index (χ3v) is 2.35. The summed E-state index contributed by atoms with van der Waals surface area (Å²) in [7, 11) is 2.03. The average molecular weight is 215 g/mol. The zero-order valence-corrected chi connectivity index (χ0v) is 8.90. The van der Waals surface area contributed by atoms with Crippen LogP contribution in [0.15, 0.2) is 0 Å². The van der Waals surface area contributed by atoms with Crippen molar-refractivity contribution in [3.63, 3.8) is 0 Å². The lowest BCUT2D eigenvalue weighted by atomic mass is 10.3. The summed E-state index contributed by atoms with van der Waals surface area (Å²) in [5, 5.41) is 10.2. The molecule has 0 aromatic rings. The molecule has 6 heteroatoms. The van der Waals surface area contributed by atoms with Crippen molar-refractivity contribution < 1.29 is 14.7 Å². The fourth-order valence-corrected chi connectivity index (χ4v) is 1.37. The van der Waals surface area contributed by atoms with Gasteiger partial charge in [0.25, 0.3) is 0 Å². The first kappa shape index (κ1) is 11.9. The molecule has 1 saturated heterocycles. The molecule has 15 heavy (non-hydrogen) atoms. The average Bonchev–Trinajstić information content (AvgIpc) is 2.19. The van der Waals surface area contributed by atoms with Crippen LogP contribution in [0.25, 0.3) is 0 Å². The van der Waals surface area contributed by atoms with Crippen molar-refractivity contribution in [1.29, 1.82) is 0 Å². The van der Waals surface area contributed by atoms with Crippen molar-refractivity contribution >= 4 is 11.9 Å². The molecule has 86 valence electrons. The van der Waals surface area contributed by atoms with E-state index in [2.05, 4.69) is 10.3 Å².